The Balaban J connectivity index is 3.42. The molecular formula is C10H6F5IO2. The van der Waals surface area contributed by atoms with Gasteiger partial charge < -0.3 is 4.74 Å². The highest BCUT2D eigenvalue weighted by molar-refractivity contribution is 14.1. The predicted octanol–water partition coefficient (Wildman–Crippen LogP) is 4.11. The van der Waals surface area contributed by atoms with Crippen LogP contribution in [0.3, 0.4) is 0 Å². The van der Waals surface area contributed by atoms with E-state index in [0.717, 1.165) is 13.0 Å². The van der Waals surface area contributed by atoms with Crippen LogP contribution in [-0.2, 0) is 6.18 Å². The van der Waals surface area contributed by atoms with Gasteiger partial charge in [-0.3, -0.25) is 4.79 Å². The highest BCUT2D eigenvalue weighted by Crippen LogP contribution is 2.37. The number of rotatable bonds is 3. The van der Waals surface area contributed by atoms with E-state index in [9.17, 15) is 26.7 Å². The summed E-state index contributed by atoms with van der Waals surface area (Å²) in [6.07, 6.45) is -4.75. The summed E-state index contributed by atoms with van der Waals surface area (Å²) in [4.78, 5) is 11.2. The van der Waals surface area contributed by atoms with Crippen molar-refractivity contribution in [1.29, 1.82) is 0 Å². The Morgan fingerprint density at radius 2 is 1.89 bits per heavy atom. The van der Waals surface area contributed by atoms with E-state index in [1.54, 1.807) is 0 Å². The van der Waals surface area contributed by atoms with Gasteiger partial charge in [0.1, 0.15) is 5.75 Å². The molecule has 0 unspecified atom stereocenters. The first-order chi connectivity index (χ1) is 8.12. The molecule has 0 aliphatic rings. The molecular weight excluding hydrogens is 374 g/mol. The van der Waals surface area contributed by atoms with Crippen molar-refractivity contribution in [2.75, 3.05) is 0 Å². The summed E-state index contributed by atoms with van der Waals surface area (Å²) in [5, 5.41) is 0. The van der Waals surface area contributed by atoms with Gasteiger partial charge in [0.25, 0.3) is 0 Å². The molecule has 0 N–H and O–H groups in total. The number of halogens is 6. The molecule has 0 aliphatic carbocycles. The van der Waals surface area contributed by atoms with Crippen LogP contribution >= 0.6 is 22.6 Å². The minimum atomic E-state index is -4.75. The maximum absolute atomic E-state index is 12.7. The van der Waals surface area contributed by atoms with E-state index in [2.05, 4.69) is 4.74 Å². The second-order valence-corrected chi connectivity index (χ2v) is 4.34. The van der Waals surface area contributed by atoms with E-state index in [0.29, 0.717) is 6.07 Å². The molecule has 0 saturated carbocycles. The van der Waals surface area contributed by atoms with Crippen molar-refractivity contribution in [2.24, 2.45) is 0 Å². The molecule has 0 fully saturated rings. The van der Waals surface area contributed by atoms with Gasteiger partial charge in [-0.25, -0.2) is 0 Å². The van der Waals surface area contributed by atoms with Gasteiger partial charge in [0.05, 0.1) is 5.56 Å². The summed E-state index contributed by atoms with van der Waals surface area (Å²) in [5.41, 5.74) is -1.48. The van der Waals surface area contributed by atoms with Gasteiger partial charge in [-0.05, 0) is 41.6 Å². The van der Waals surface area contributed by atoms with Crippen molar-refractivity contribution in [1.82, 2.24) is 0 Å². The average Bonchev–Trinajstić information content (AvgIpc) is 2.17. The Labute approximate surface area is 112 Å². The number of hydrogen-bond acceptors (Lipinski definition) is 2. The van der Waals surface area contributed by atoms with Gasteiger partial charge in [-0.2, -0.15) is 22.0 Å². The van der Waals surface area contributed by atoms with Gasteiger partial charge in [-0.1, -0.05) is 0 Å². The molecule has 0 spiro atoms. The quantitative estimate of drug-likeness (QED) is 0.448. The van der Waals surface area contributed by atoms with Crippen molar-refractivity contribution in [3.8, 4) is 5.75 Å². The second kappa shape index (κ2) is 5.37. The molecule has 0 saturated heterocycles. The molecule has 18 heavy (non-hydrogen) atoms. The lowest BCUT2D eigenvalue weighted by atomic mass is 10.1. The molecule has 0 amide bonds. The molecule has 1 rings (SSSR count). The van der Waals surface area contributed by atoms with Crippen LogP contribution in [-0.4, -0.2) is 12.4 Å². The molecule has 0 radical (unpaired) electrons. The summed E-state index contributed by atoms with van der Waals surface area (Å²) in [6, 6.07) is 1.31. The number of hydrogen-bond donors (Lipinski definition) is 0. The fourth-order valence-corrected chi connectivity index (χ4v) is 2.23. The van der Waals surface area contributed by atoms with Crippen molar-refractivity contribution in [3.05, 3.63) is 26.8 Å². The van der Waals surface area contributed by atoms with Gasteiger partial charge >= 0.3 is 12.8 Å². The number of benzene rings is 1. The van der Waals surface area contributed by atoms with Crippen LogP contribution in [0.5, 0.6) is 5.75 Å². The molecule has 0 bridgehead atoms. The fraction of sp³-hybridized carbons (Fsp3) is 0.300. The number of Topliss-reactive ketones (excluding diaryl/α,β-unsaturated/α-hetero) is 1. The Bertz CT molecular complexity index is 470. The van der Waals surface area contributed by atoms with Crippen LogP contribution in [0.25, 0.3) is 0 Å². The maximum Gasteiger partial charge on any atom is 0.417 e. The van der Waals surface area contributed by atoms with E-state index in [1.165, 1.54) is 22.6 Å². The van der Waals surface area contributed by atoms with E-state index in [-0.39, 0.29) is 9.13 Å². The first-order valence-electron chi connectivity index (χ1n) is 4.49. The van der Waals surface area contributed by atoms with E-state index in [1.807, 2.05) is 0 Å². The lowest BCUT2D eigenvalue weighted by Crippen LogP contribution is -2.13. The number of alkyl halides is 5. The molecule has 1 aromatic rings. The third kappa shape index (κ3) is 3.53. The SMILES string of the molecule is CC(=O)c1cc(OC(F)F)cc(C(F)(F)F)c1I. The monoisotopic (exact) mass is 380 g/mol. The van der Waals surface area contributed by atoms with E-state index in [4.69, 9.17) is 0 Å². The lowest BCUT2D eigenvalue weighted by Gasteiger charge is -2.14. The molecule has 0 aromatic heterocycles. The summed E-state index contributed by atoms with van der Waals surface area (Å²) >= 11 is 1.35. The largest absolute Gasteiger partial charge is 0.435 e. The number of carbonyl (C=O) groups is 1. The van der Waals surface area contributed by atoms with Crippen molar-refractivity contribution < 1.29 is 31.5 Å². The number of ketones is 1. The molecule has 8 heteroatoms. The molecule has 0 atom stereocenters. The van der Waals surface area contributed by atoms with Gasteiger partial charge in [0, 0.05) is 9.13 Å². The molecule has 100 valence electrons. The van der Waals surface area contributed by atoms with Crippen molar-refractivity contribution in [3.63, 3.8) is 0 Å². The Morgan fingerprint density at radius 3 is 2.28 bits per heavy atom. The molecule has 1 aromatic carbocycles. The third-order valence-electron chi connectivity index (χ3n) is 1.96. The lowest BCUT2D eigenvalue weighted by molar-refractivity contribution is -0.138. The standard InChI is InChI=1S/C10H6F5IO2/c1-4(17)6-2-5(18-9(11)12)3-7(8(6)16)10(13,14)15/h2-3,9H,1H3. The minimum absolute atomic E-state index is 0.305. The first kappa shape index (κ1) is 15.1. The first-order valence-corrected chi connectivity index (χ1v) is 5.57. The summed E-state index contributed by atoms with van der Waals surface area (Å²) in [5.74, 6) is -1.35. The highest BCUT2D eigenvalue weighted by atomic mass is 127. The van der Waals surface area contributed by atoms with Crippen molar-refractivity contribution >= 4 is 28.4 Å². The molecule has 2 nitrogen and oxygen atoms in total. The van der Waals surface area contributed by atoms with Crippen LogP contribution in [0.2, 0.25) is 0 Å². The zero-order chi connectivity index (χ0) is 14.1. The second-order valence-electron chi connectivity index (χ2n) is 3.26. The summed E-state index contributed by atoms with van der Waals surface area (Å²) < 4.78 is 65.5. The topological polar surface area (TPSA) is 26.3 Å². The Kier molecular flexibility index (Phi) is 4.51. The van der Waals surface area contributed by atoms with Crippen LogP contribution in [0.15, 0.2) is 12.1 Å². The van der Waals surface area contributed by atoms with Gasteiger partial charge in [-0.15, -0.1) is 0 Å². The zero-order valence-electron chi connectivity index (χ0n) is 8.82. The Morgan fingerprint density at radius 1 is 1.33 bits per heavy atom. The predicted molar refractivity (Wildman–Crippen MR) is 60.8 cm³/mol. The highest BCUT2D eigenvalue weighted by Gasteiger charge is 2.35. The van der Waals surface area contributed by atoms with Gasteiger partial charge in [0.15, 0.2) is 5.78 Å². The molecule has 0 aliphatic heterocycles. The van der Waals surface area contributed by atoms with E-state index >= 15 is 0 Å². The Hall–Kier alpha value is -0.930. The van der Waals surface area contributed by atoms with E-state index < -0.39 is 29.9 Å². The summed E-state index contributed by atoms with van der Waals surface area (Å²) in [6.45, 7) is -2.21. The minimum Gasteiger partial charge on any atom is -0.435 e. The van der Waals surface area contributed by atoms with Crippen LogP contribution in [0.4, 0.5) is 22.0 Å². The summed E-state index contributed by atoms with van der Waals surface area (Å²) in [7, 11) is 0. The fourth-order valence-electron chi connectivity index (χ4n) is 1.23. The third-order valence-corrected chi connectivity index (χ3v) is 3.12. The molecule has 0 heterocycles. The smallest absolute Gasteiger partial charge is 0.417 e. The van der Waals surface area contributed by atoms with Gasteiger partial charge in [0.2, 0.25) is 0 Å². The number of carbonyl (C=O) groups excluding carboxylic acids is 1. The van der Waals surface area contributed by atoms with Crippen LogP contribution < -0.4 is 4.74 Å². The van der Waals surface area contributed by atoms with Crippen LogP contribution in [0.1, 0.15) is 22.8 Å². The number of ether oxygens (including phenoxy) is 1. The van der Waals surface area contributed by atoms with Crippen LogP contribution in [0, 0.1) is 3.57 Å². The zero-order valence-corrected chi connectivity index (χ0v) is 11.0. The maximum atomic E-state index is 12.7. The normalized spacial score (nSPS) is 11.8. The van der Waals surface area contributed by atoms with Crippen molar-refractivity contribution in [2.45, 2.75) is 19.7 Å². The average molecular weight is 380 g/mol.